The molecule has 0 spiro atoms. The van der Waals surface area contributed by atoms with E-state index in [4.69, 9.17) is 9.84 Å². The fourth-order valence-electron chi connectivity index (χ4n) is 3.42. The number of carbonyl (C=O) groups is 1. The molecule has 0 aromatic heterocycles. The van der Waals surface area contributed by atoms with Gasteiger partial charge in [-0.25, -0.2) is 0 Å². The zero-order valence-electron chi connectivity index (χ0n) is 17.3. The van der Waals surface area contributed by atoms with E-state index >= 15 is 0 Å². The minimum Gasteiger partial charge on any atom is -0.396 e. The van der Waals surface area contributed by atoms with Gasteiger partial charge in [0.1, 0.15) is 0 Å². The number of epoxide rings is 1. The van der Waals surface area contributed by atoms with Crippen LogP contribution in [0.25, 0.3) is 0 Å². The van der Waals surface area contributed by atoms with Crippen LogP contribution < -0.4 is 5.32 Å². The summed E-state index contributed by atoms with van der Waals surface area (Å²) in [5.41, 5.74) is 0. The average Bonchev–Trinajstić information content (AvgIpc) is 3.39. The van der Waals surface area contributed by atoms with Crippen LogP contribution in [0.3, 0.4) is 0 Å². The summed E-state index contributed by atoms with van der Waals surface area (Å²) in [6.45, 7) is 4.91. The number of aliphatic hydroxyl groups is 1. The van der Waals surface area contributed by atoms with Gasteiger partial charge in [0.05, 0.1) is 12.2 Å². The van der Waals surface area contributed by atoms with Crippen LogP contribution in [0.4, 0.5) is 0 Å². The van der Waals surface area contributed by atoms with E-state index in [9.17, 15) is 4.79 Å². The SMILES string of the molecule is CCCCCCCCC1OC1CCCCCCCC(=O)NC[C@H](C)CO. The van der Waals surface area contributed by atoms with Crippen LogP contribution in [0.2, 0.25) is 0 Å². The molecule has 4 heteroatoms. The zero-order valence-corrected chi connectivity index (χ0v) is 17.3. The lowest BCUT2D eigenvalue weighted by Crippen LogP contribution is -2.29. The first-order valence-corrected chi connectivity index (χ1v) is 11.2. The van der Waals surface area contributed by atoms with E-state index in [1.807, 2.05) is 6.92 Å². The third-order valence-corrected chi connectivity index (χ3v) is 5.38. The highest BCUT2D eigenvalue weighted by atomic mass is 16.6. The average molecular weight is 370 g/mol. The number of hydrogen-bond acceptors (Lipinski definition) is 3. The van der Waals surface area contributed by atoms with Gasteiger partial charge in [-0.15, -0.1) is 0 Å². The summed E-state index contributed by atoms with van der Waals surface area (Å²) in [6.07, 6.45) is 18.3. The number of unbranched alkanes of at least 4 members (excludes halogenated alkanes) is 9. The Morgan fingerprint density at radius 3 is 2.04 bits per heavy atom. The molecule has 154 valence electrons. The normalized spacial score (nSPS) is 20.1. The first-order chi connectivity index (χ1) is 12.7. The Kier molecular flexibility index (Phi) is 13.9. The molecule has 1 heterocycles. The van der Waals surface area contributed by atoms with Crippen LogP contribution >= 0.6 is 0 Å². The van der Waals surface area contributed by atoms with Gasteiger partial charge >= 0.3 is 0 Å². The van der Waals surface area contributed by atoms with Crippen molar-refractivity contribution in [3.8, 4) is 0 Å². The van der Waals surface area contributed by atoms with Gasteiger partial charge in [-0.3, -0.25) is 4.79 Å². The summed E-state index contributed by atoms with van der Waals surface area (Å²) in [4.78, 5) is 11.6. The van der Waals surface area contributed by atoms with Gasteiger partial charge in [-0.2, -0.15) is 0 Å². The molecule has 4 nitrogen and oxygen atoms in total. The summed E-state index contributed by atoms with van der Waals surface area (Å²) >= 11 is 0. The van der Waals surface area contributed by atoms with Crippen molar-refractivity contribution in [2.24, 2.45) is 5.92 Å². The Morgan fingerprint density at radius 1 is 0.923 bits per heavy atom. The molecular formula is C22H43NO3. The summed E-state index contributed by atoms with van der Waals surface area (Å²) in [5.74, 6) is 0.266. The van der Waals surface area contributed by atoms with Gasteiger partial charge in [-0.05, 0) is 25.2 Å². The molecule has 3 atom stereocenters. The summed E-state index contributed by atoms with van der Waals surface area (Å²) in [6, 6.07) is 0. The van der Waals surface area contributed by atoms with E-state index in [2.05, 4.69) is 12.2 Å². The topological polar surface area (TPSA) is 61.9 Å². The third-order valence-electron chi connectivity index (χ3n) is 5.38. The molecule has 26 heavy (non-hydrogen) atoms. The molecule has 1 aliphatic heterocycles. The summed E-state index contributed by atoms with van der Waals surface area (Å²) in [7, 11) is 0. The summed E-state index contributed by atoms with van der Waals surface area (Å²) < 4.78 is 5.79. The molecular weight excluding hydrogens is 326 g/mol. The number of amides is 1. The highest BCUT2D eigenvalue weighted by Crippen LogP contribution is 2.31. The van der Waals surface area contributed by atoms with Crippen molar-refractivity contribution in [1.29, 1.82) is 0 Å². The largest absolute Gasteiger partial charge is 0.396 e. The minimum absolute atomic E-state index is 0.120. The molecule has 0 aromatic carbocycles. The molecule has 0 bridgehead atoms. The van der Waals surface area contributed by atoms with Gasteiger partial charge in [0.15, 0.2) is 0 Å². The number of rotatable bonds is 18. The van der Waals surface area contributed by atoms with Crippen LogP contribution in [0.15, 0.2) is 0 Å². The number of hydrogen-bond donors (Lipinski definition) is 2. The standard InChI is InChI=1S/C22H43NO3/c1-3-4-5-6-8-11-14-20-21(26-20)15-12-9-7-10-13-16-22(25)23-17-19(2)18-24/h19-21,24H,3-18H2,1-2H3,(H,23,25)/t19-,20?,21?/m0/s1. The van der Waals surface area contributed by atoms with Crippen molar-refractivity contribution in [2.75, 3.05) is 13.2 Å². The Labute approximate surface area is 161 Å². The predicted octanol–water partition coefficient (Wildman–Crippen LogP) is 4.98. The molecule has 0 aromatic rings. The first-order valence-electron chi connectivity index (χ1n) is 11.2. The first kappa shape index (κ1) is 23.4. The van der Waals surface area contributed by atoms with E-state index in [1.54, 1.807) is 0 Å². The van der Waals surface area contributed by atoms with Gasteiger partial charge in [0.2, 0.25) is 5.91 Å². The van der Waals surface area contributed by atoms with Crippen LogP contribution in [0, 0.1) is 5.92 Å². The quantitative estimate of drug-likeness (QED) is 0.264. The maximum absolute atomic E-state index is 11.6. The highest BCUT2D eigenvalue weighted by Gasteiger charge is 2.36. The fraction of sp³-hybridized carbons (Fsp3) is 0.955. The number of ether oxygens (including phenoxy) is 1. The second-order valence-electron chi connectivity index (χ2n) is 8.17. The van der Waals surface area contributed by atoms with Crippen LogP contribution in [0.5, 0.6) is 0 Å². The number of aliphatic hydroxyl groups excluding tert-OH is 1. The maximum Gasteiger partial charge on any atom is 0.220 e. The Bertz CT molecular complexity index is 348. The minimum atomic E-state index is 0.120. The van der Waals surface area contributed by atoms with Crippen molar-refractivity contribution < 1.29 is 14.6 Å². The van der Waals surface area contributed by atoms with Crippen LogP contribution in [-0.2, 0) is 9.53 Å². The van der Waals surface area contributed by atoms with Crippen molar-refractivity contribution in [1.82, 2.24) is 5.32 Å². The summed E-state index contributed by atoms with van der Waals surface area (Å²) in [5, 5.41) is 11.8. The lowest BCUT2D eigenvalue weighted by Gasteiger charge is -2.09. The maximum atomic E-state index is 11.6. The molecule has 2 N–H and O–H groups in total. The lowest BCUT2D eigenvalue weighted by atomic mass is 10.0. The van der Waals surface area contributed by atoms with Gasteiger partial charge in [0.25, 0.3) is 0 Å². The fourth-order valence-corrected chi connectivity index (χ4v) is 3.42. The van der Waals surface area contributed by atoms with Crippen molar-refractivity contribution >= 4 is 5.91 Å². The molecule has 0 radical (unpaired) electrons. The van der Waals surface area contributed by atoms with Gasteiger partial charge < -0.3 is 15.2 Å². The molecule has 1 aliphatic rings. The van der Waals surface area contributed by atoms with E-state index in [-0.39, 0.29) is 18.4 Å². The van der Waals surface area contributed by atoms with Crippen molar-refractivity contribution in [3.05, 3.63) is 0 Å². The van der Waals surface area contributed by atoms with E-state index in [0.29, 0.717) is 25.2 Å². The highest BCUT2D eigenvalue weighted by molar-refractivity contribution is 5.75. The Balaban J connectivity index is 1.79. The second-order valence-corrected chi connectivity index (χ2v) is 8.17. The molecule has 0 aliphatic carbocycles. The van der Waals surface area contributed by atoms with Gasteiger partial charge in [-0.1, -0.05) is 78.1 Å². The number of carbonyl (C=O) groups excluding carboxylic acids is 1. The van der Waals surface area contributed by atoms with Crippen molar-refractivity contribution in [3.63, 3.8) is 0 Å². The van der Waals surface area contributed by atoms with Gasteiger partial charge in [0, 0.05) is 19.6 Å². The van der Waals surface area contributed by atoms with E-state index in [0.717, 1.165) is 12.8 Å². The molecule has 2 unspecified atom stereocenters. The Morgan fingerprint density at radius 2 is 1.46 bits per heavy atom. The molecule has 1 fully saturated rings. The smallest absolute Gasteiger partial charge is 0.220 e. The monoisotopic (exact) mass is 369 g/mol. The predicted molar refractivity (Wildman–Crippen MR) is 108 cm³/mol. The third kappa shape index (κ3) is 12.7. The van der Waals surface area contributed by atoms with E-state index < -0.39 is 0 Å². The molecule has 1 saturated heterocycles. The van der Waals surface area contributed by atoms with Crippen molar-refractivity contribution in [2.45, 2.75) is 116 Å². The lowest BCUT2D eigenvalue weighted by molar-refractivity contribution is -0.121. The molecule has 0 saturated carbocycles. The number of nitrogens with one attached hydrogen (secondary N) is 1. The Hall–Kier alpha value is -0.610. The zero-order chi connectivity index (χ0) is 19.0. The molecule has 1 amide bonds. The second kappa shape index (κ2) is 15.4. The molecule has 1 rings (SSSR count). The van der Waals surface area contributed by atoms with E-state index in [1.165, 1.54) is 70.6 Å². The van der Waals surface area contributed by atoms with Crippen LogP contribution in [-0.4, -0.2) is 36.4 Å². The van der Waals surface area contributed by atoms with Crippen LogP contribution in [0.1, 0.15) is 104 Å².